The predicted octanol–water partition coefficient (Wildman–Crippen LogP) is 16.0. The van der Waals surface area contributed by atoms with Crippen molar-refractivity contribution in [2.75, 3.05) is 17.7 Å². The molecule has 3 aromatic rings. The molecular weight excluding hydrogens is 1040 g/mol. The number of esters is 3. The van der Waals surface area contributed by atoms with Crippen LogP contribution in [-0.2, 0) is 33.4 Å². The van der Waals surface area contributed by atoms with Gasteiger partial charge >= 0.3 is 17.9 Å². The first kappa shape index (κ1) is 65.7. The zero-order valence-corrected chi connectivity index (χ0v) is 54.4. The first-order valence-electron chi connectivity index (χ1n) is 30.1. The van der Waals surface area contributed by atoms with Crippen LogP contribution in [0.3, 0.4) is 0 Å². The minimum absolute atomic E-state index is 0.0252. The van der Waals surface area contributed by atoms with Gasteiger partial charge in [-0.1, -0.05) is 185 Å². The Morgan fingerprint density at radius 3 is 1.55 bits per heavy atom. The molecule has 82 heavy (non-hydrogen) atoms. The van der Waals surface area contributed by atoms with Crippen molar-refractivity contribution in [1.29, 1.82) is 0 Å². The molecule has 2 aromatic carbocycles. The zero-order valence-electron chi connectivity index (χ0n) is 53.6. The first-order chi connectivity index (χ1) is 37.8. The lowest BCUT2D eigenvalue weighted by Crippen LogP contribution is -2.50. The van der Waals surface area contributed by atoms with E-state index in [4.69, 9.17) is 19.2 Å². The summed E-state index contributed by atoms with van der Waals surface area (Å²) in [6.45, 7) is 44.1. The normalized spacial score (nSPS) is 23.9. The quantitative estimate of drug-likeness (QED) is 0.0763. The van der Waals surface area contributed by atoms with Crippen LogP contribution in [-0.4, -0.2) is 70.4 Å². The molecule has 3 aliphatic rings. The Hall–Kier alpha value is -5.43. The molecule has 2 fully saturated rings. The number of nitrogens with zero attached hydrogens (tertiary/aromatic N) is 1. The van der Waals surface area contributed by atoms with E-state index >= 15 is 9.59 Å². The summed E-state index contributed by atoms with van der Waals surface area (Å²) in [5.41, 5.74) is 0.900. The maximum Gasteiger partial charge on any atom is 0.342 e. The molecular formula is C69H100N4O8S. The second-order valence-corrected chi connectivity index (χ2v) is 31.4. The molecule has 2 aliphatic carbocycles. The van der Waals surface area contributed by atoms with E-state index in [0.29, 0.717) is 57.7 Å². The number of hydrogen-bond acceptors (Lipinski definition) is 10. The summed E-state index contributed by atoms with van der Waals surface area (Å²) in [7, 11) is 0. The highest BCUT2D eigenvalue weighted by molar-refractivity contribution is 8.00. The van der Waals surface area contributed by atoms with Crippen molar-refractivity contribution in [3.8, 4) is 11.1 Å². The number of aromatic nitrogens is 1. The number of amides is 2. The number of hydrogen-bond donors (Lipinski definition) is 3. The van der Waals surface area contributed by atoms with Gasteiger partial charge < -0.3 is 29.8 Å². The third-order valence-corrected chi connectivity index (χ3v) is 18.7. The highest BCUT2D eigenvalue weighted by Crippen LogP contribution is 2.52. The number of benzene rings is 2. The number of ether oxygens (including phenoxy) is 3. The number of rotatable bonds is 15. The van der Waals surface area contributed by atoms with Gasteiger partial charge in [0.15, 0.2) is 0 Å². The van der Waals surface area contributed by atoms with Crippen molar-refractivity contribution in [2.45, 2.75) is 195 Å². The Morgan fingerprint density at radius 2 is 1.11 bits per heavy atom. The van der Waals surface area contributed by atoms with Crippen molar-refractivity contribution < 1.29 is 38.2 Å². The summed E-state index contributed by atoms with van der Waals surface area (Å²) in [5, 5.41) is 5.56. The predicted molar refractivity (Wildman–Crippen MR) is 336 cm³/mol. The van der Waals surface area contributed by atoms with E-state index in [9.17, 15) is 14.4 Å². The summed E-state index contributed by atoms with van der Waals surface area (Å²) in [6, 6.07) is 19.0. The van der Waals surface area contributed by atoms with E-state index in [1.165, 1.54) is 11.8 Å². The number of amidine groups is 1. The summed E-state index contributed by atoms with van der Waals surface area (Å²) >= 11 is 1.34. The number of nitrogens with one attached hydrogen (secondary N) is 3. The number of aromatic amines is 1. The number of thioether (sulfide) groups is 1. The van der Waals surface area contributed by atoms with Crippen LogP contribution in [0.1, 0.15) is 199 Å². The van der Waals surface area contributed by atoms with Gasteiger partial charge in [-0.25, -0.2) is 14.6 Å². The number of anilines is 1. The molecule has 5 unspecified atom stereocenters. The van der Waals surface area contributed by atoms with Crippen LogP contribution < -0.4 is 10.6 Å². The van der Waals surface area contributed by atoms with Crippen molar-refractivity contribution in [3.05, 3.63) is 88.8 Å². The van der Waals surface area contributed by atoms with E-state index in [1.54, 1.807) is 13.0 Å². The summed E-state index contributed by atoms with van der Waals surface area (Å²) in [6.07, 6.45) is 5.07. The number of H-pyrrole nitrogens is 1. The van der Waals surface area contributed by atoms with Crippen LogP contribution >= 0.6 is 11.8 Å². The summed E-state index contributed by atoms with van der Waals surface area (Å²) in [4.78, 5) is 81.9. The SMILES string of the molecule is CCC(C)(C)C(=O)OCCSC(C)C(=O)Nc1[nH]c(C=C2N=C(NC(=O)C(C)(C)C)C(C(=O)OC3C(C(C)(C)C)CC(C)CC3C(C)(C)C)=C2c2ccccc2)c(-c2ccccc2)c1C(=O)OC1C(C(C)(C)C)CC(C)CC1C(C)(C)C. The molecule has 0 radical (unpaired) electrons. The van der Waals surface area contributed by atoms with Crippen LogP contribution in [0.4, 0.5) is 5.82 Å². The third kappa shape index (κ3) is 15.7. The largest absolute Gasteiger partial charge is 0.464 e. The van der Waals surface area contributed by atoms with E-state index < -0.39 is 40.2 Å². The molecule has 0 saturated heterocycles. The monoisotopic (exact) mass is 1140 g/mol. The summed E-state index contributed by atoms with van der Waals surface area (Å²) < 4.78 is 19.6. The van der Waals surface area contributed by atoms with Crippen LogP contribution in [0.2, 0.25) is 0 Å². The zero-order chi connectivity index (χ0) is 61.2. The third-order valence-electron chi connectivity index (χ3n) is 17.6. The fourth-order valence-corrected chi connectivity index (χ4v) is 12.9. The lowest BCUT2D eigenvalue weighted by molar-refractivity contribution is -0.164. The van der Waals surface area contributed by atoms with Gasteiger partial charge in [-0.15, -0.1) is 11.8 Å². The van der Waals surface area contributed by atoms with Crippen LogP contribution in [0.5, 0.6) is 0 Å². The van der Waals surface area contributed by atoms with E-state index in [0.717, 1.165) is 25.7 Å². The van der Waals surface area contributed by atoms with Crippen molar-refractivity contribution in [3.63, 3.8) is 0 Å². The molecule has 12 nitrogen and oxygen atoms in total. The Morgan fingerprint density at radius 1 is 0.659 bits per heavy atom. The molecule has 13 heteroatoms. The minimum atomic E-state index is -0.867. The van der Waals surface area contributed by atoms with Gasteiger partial charge in [0, 0.05) is 46.0 Å². The van der Waals surface area contributed by atoms with Gasteiger partial charge in [0.25, 0.3) is 0 Å². The van der Waals surface area contributed by atoms with Gasteiger partial charge in [-0.05, 0) is 104 Å². The average molecular weight is 1150 g/mol. The number of aliphatic imine (C=N–C) groups is 1. The van der Waals surface area contributed by atoms with Crippen molar-refractivity contribution in [1.82, 2.24) is 10.3 Å². The highest BCUT2D eigenvalue weighted by atomic mass is 32.2. The second-order valence-electron chi connectivity index (χ2n) is 30.0. The second kappa shape index (κ2) is 25.4. The van der Waals surface area contributed by atoms with Gasteiger partial charge in [0.1, 0.15) is 41.6 Å². The standard InChI is InChI=1S/C69H100N4O8S/c1-22-69(20,21)63(78)79-33-34-82-42(4)59(74)72-57-53(60(75)80-55-45(64(5,6)7)35-40(2)36-46(55)65(8,9)10)51(43-29-25-23-26-30-43)49(70-57)39-50-52(44-31-27-24-28-32-44)54(58(71-50)73-62(77)68(17,18)19)61(76)81-56-47(66(11,12)13)37-41(3)38-48(56)67(14,15)16/h23-32,39-42,45-48,55-56,70H,22,33-38H2,1-21H3,(H,72,74)(H,71,73,77). The smallest absolute Gasteiger partial charge is 0.342 e. The molecule has 3 N–H and O–H groups in total. The maximum absolute atomic E-state index is 15.8. The van der Waals surface area contributed by atoms with Crippen LogP contribution in [0.25, 0.3) is 22.8 Å². The molecule has 1 aromatic heterocycles. The first-order valence-corrected chi connectivity index (χ1v) is 31.1. The molecule has 6 rings (SSSR count). The molecule has 0 bridgehead atoms. The molecule has 0 spiro atoms. The van der Waals surface area contributed by atoms with Crippen LogP contribution in [0.15, 0.2) is 76.9 Å². The van der Waals surface area contributed by atoms with Gasteiger partial charge in [-0.2, -0.15) is 0 Å². The number of carbonyl (C=O) groups is 5. The Balaban J connectivity index is 1.61. The fourth-order valence-electron chi connectivity index (χ4n) is 12.1. The molecule has 1 aliphatic heterocycles. The maximum atomic E-state index is 15.8. The van der Waals surface area contributed by atoms with E-state index in [1.807, 2.05) is 102 Å². The van der Waals surface area contributed by atoms with Gasteiger partial charge in [0.2, 0.25) is 11.8 Å². The molecule has 2 saturated carbocycles. The van der Waals surface area contributed by atoms with E-state index in [2.05, 4.69) is 113 Å². The minimum Gasteiger partial charge on any atom is -0.464 e. The topological polar surface area (TPSA) is 165 Å². The Kier molecular flexibility index (Phi) is 20.4. The molecule has 2 amide bonds. The fraction of sp³-hybridized carbons (Fsp3) is 0.623. The lowest BCUT2D eigenvalue weighted by atomic mass is 9.59. The Labute approximate surface area is 496 Å². The van der Waals surface area contributed by atoms with Crippen LogP contribution in [0, 0.1) is 68.0 Å². The highest BCUT2D eigenvalue weighted by Gasteiger charge is 2.51. The lowest BCUT2D eigenvalue weighted by Gasteiger charge is -2.50. The Bertz CT molecular complexity index is 2830. The molecule has 450 valence electrons. The van der Waals surface area contributed by atoms with Gasteiger partial charge in [-0.3, -0.25) is 14.4 Å². The summed E-state index contributed by atoms with van der Waals surface area (Å²) in [5.74, 6) is -0.683. The van der Waals surface area contributed by atoms with Crippen molar-refractivity contribution >= 4 is 64.8 Å². The van der Waals surface area contributed by atoms with E-state index in [-0.39, 0.29) is 92.5 Å². The van der Waals surface area contributed by atoms with Gasteiger partial charge in [0.05, 0.1) is 22.1 Å². The average Bonchev–Trinajstić information content (AvgIpc) is 4.09. The number of allylic oxidation sites excluding steroid dienone is 1. The van der Waals surface area contributed by atoms with Crippen molar-refractivity contribution in [2.24, 2.45) is 73.0 Å². The molecule has 5 atom stereocenters. The number of carbonyl (C=O) groups excluding carboxylic acids is 5. The molecule has 2 heterocycles.